The number of nitrogens with zero attached hydrogens (tertiary/aromatic N) is 1. The van der Waals surface area contributed by atoms with E-state index in [1.807, 2.05) is 11.9 Å². The summed E-state index contributed by atoms with van der Waals surface area (Å²) >= 11 is 0. The van der Waals surface area contributed by atoms with E-state index >= 15 is 0 Å². The Morgan fingerprint density at radius 2 is 1.82 bits per heavy atom. The lowest BCUT2D eigenvalue weighted by atomic mass is 9.88. The number of carbonyl (C=O) groups is 1. The molecule has 0 aromatic carbocycles. The first-order valence-electron chi connectivity index (χ1n) is 6.80. The topological polar surface area (TPSA) is 55.6 Å². The van der Waals surface area contributed by atoms with Gasteiger partial charge < -0.3 is 15.4 Å². The van der Waals surface area contributed by atoms with Crippen LogP contribution in [0.1, 0.15) is 38.5 Å². The fourth-order valence-corrected chi connectivity index (χ4v) is 3.02. The highest BCUT2D eigenvalue weighted by molar-refractivity contribution is 5.79. The number of carbonyl (C=O) groups excluding carboxylic acids is 1. The van der Waals surface area contributed by atoms with Gasteiger partial charge in [-0.1, -0.05) is 12.8 Å². The summed E-state index contributed by atoms with van der Waals surface area (Å²) in [6.07, 6.45) is 6.25. The van der Waals surface area contributed by atoms with Crippen molar-refractivity contribution in [3.63, 3.8) is 0 Å². The average molecular weight is 240 g/mol. The van der Waals surface area contributed by atoms with Gasteiger partial charge in [0.1, 0.15) is 0 Å². The summed E-state index contributed by atoms with van der Waals surface area (Å²) in [6.45, 7) is 1.45. The summed E-state index contributed by atoms with van der Waals surface area (Å²) in [5, 5.41) is 0. The molecule has 98 valence electrons. The molecule has 4 nitrogen and oxygen atoms in total. The van der Waals surface area contributed by atoms with Gasteiger partial charge in [0.25, 0.3) is 0 Å². The van der Waals surface area contributed by atoms with E-state index in [4.69, 9.17) is 10.5 Å². The highest BCUT2D eigenvalue weighted by Gasteiger charge is 2.32. The van der Waals surface area contributed by atoms with Crippen LogP contribution in [0.2, 0.25) is 0 Å². The lowest BCUT2D eigenvalue weighted by Crippen LogP contribution is -2.52. The Balaban J connectivity index is 1.92. The van der Waals surface area contributed by atoms with Gasteiger partial charge in [0.15, 0.2) is 0 Å². The van der Waals surface area contributed by atoms with Crippen molar-refractivity contribution in [2.24, 2.45) is 11.7 Å². The lowest BCUT2D eigenvalue weighted by Gasteiger charge is -2.38. The quantitative estimate of drug-likeness (QED) is 0.787. The second kappa shape index (κ2) is 5.83. The Bertz CT molecular complexity index is 264. The Labute approximate surface area is 103 Å². The molecule has 2 aliphatic rings. The van der Waals surface area contributed by atoms with Gasteiger partial charge in [-0.05, 0) is 25.7 Å². The van der Waals surface area contributed by atoms with Gasteiger partial charge in [-0.25, -0.2) is 0 Å². The van der Waals surface area contributed by atoms with Crippen LogP contribution in [0.25, 0.3) is 0 Å². The standard InChI is InChI=1S/C13H24N2O2/c1-15(12-5-3-2-4-11(12)14)13(16)10-6-8-17-9-7-10/h10-12H,2-9,14H2,1H3. The number of amides is 1. The largest absolute Gasteiger partial charge is 0.381 e. The third kappa shape index (κ3) is 2.99. The van der Waals surface area contributed by atoms with Crippen LogP contribution in [0.5, 0.6) is 0 Å². The fourth-order valence-electron chi connectivity index (χ4n) is 3.02. The maximum Gasteiger partial charge on any atom is 0.225 e. The van der Waals surface area contributed by atoms with Crippen molar-refractivity contribution in [3.8, 4) is 0 Å². The smallest absolute Gasteiger partial charge is 0.225 e. The van der Waals surface area contributed by atoms with E-state index in [-0.39, 0.29) is 23.9 Å². The molecular formula is C13H24N2O2. The summed E-state index contributed by atoms with van der Waals surface area (Å²) in [5.74, 6) is 0.429. The summed E-state index contributed by atoms with van der Waals surface area (Å²) in [4.78, 5) is 14.3. The summed E-state index contributed by atoms with van der Waals surface area (Å²) in [5.41, 5.74) is 6.13. The Hall–Kier alpha value is -0.610. The molecule has 2 unspecified atom stereocenters. The molecule has 2 rings (SSSR count). The monoisotopic (exact) mass is 240 g/mol. The molecule has 1 heterocycles. The van der Waals surface area contributed by atoms with E-state index < -0.39 is 0 Å². The first kappa shape index (κ1) is 12.8. The van der Waals surface area contributed by atoms with Crippen molar-refractivity contribution < 1.29 is 9.53 Å². The van der Waals surface area contributed by atoms with Crippen LogP contribution in [0.15, 0.2) is 0 Å². The normalized spacial score (nSPS) is 31.2. The van der Waals surface area contributed by atoms with Crippen molar-refractivity contribution in [2.45, 2.75) is 50.6 Å². The molecule has 0 bridgehead atoms. The summed E-state index contributed by atoms with van der Waals surface area (Å²) in [7, 11) is 1.92. The van der Waals surface area contributed by atoms with Crippen LogP contribution in [-0.2, 0) is 9.53 Å². The molecule has 1 aliphatic heterocycles. The molecule has 1 amide bonds. The second-order valence-corrected chi connectivity index (χ2v) is 5.35. The first-order chi connectivity index (χ1) is 8.20. The van der Waals surface area contributed by atoms with Crippen molar-refractivity contribution in [1.29, 1.82) is 0 Å². The van der Waals surface area contributed by atoms with E-state index in [1.165, 1.54) is 12.8 Å². The Morgan fingerprint density at radius 3 is 2.47 bits per heavy atom. The molecule has 0 spiro atoms. The number of nitrogens with two attached hydrogens (primary N) is 1. The molecule has 2 N–H and O–H groups in total. The number of hydrogen-bond donors (Lipinski definition) is 1. The molecule has 2 atom stereocenters. The molecule has 0 aromatic rings. The molecule has 4 heteroatoms. The van der Waals surface area contributed by atoms with Crippen LogP contribution < -0.4 is 5.73 Å². The van der Waals surface area contributed by atoms with Gasteiger partial charge in [-0.3, -0.25) is 4.79 Å². The summed E-state index contributed by atoms with van der Waals surface area (Å²) < 4.78 is 5.30. The number of likely N-dealkylation sites (N-methyl/N-ethyl adjacent to an activating group) is 1. The van der Waals surface area contributed by atoms with E-state index in [2.05, 4.69) is 0 Å². The minimum atomic E-state index is 0.155. The molecule has 2 fully saturated rings. The van der Waals surface area contributed by atoms with E-state index in [9.17, 15) is 4.79 Å². The molecule has 0 radical (unpaired) electrons. The van der Waals surface area contributed by atoms with Gasteiger partial charge in [0.2, 0.25) is 5.91 Å². The minimum Gasteiger partial charge on any atom is -0.381 e. The first-order valence-corrected chi connectivity index (χ1v) is 6.80. The predicted molar refractivity (Wildman–Crippen MR) is 66.5 cm³/mol. The van der Waals surface area contributed by atoms with E-state index in [1.54, 1.807) is 0 Å². The second-order valence-electron chi connectivity index (χ2n) is 5.35. The van der Waals surface area contributed by atoms with Gasteiger partial charge in [-0.2, -0.15) is 0 Å². The van der Waals surface area contributed by atoms with Crippen LogP contribution in [-0.4, -0.2) is 43.2 Å². The third-order valence-corrected chi connectivity index (χ3v) is 4.20. The van der Waals surface area contributed by atoms with Crippen LogP contribution in [0.4, 0.5) is 0 Å². The van der Waals surface area contributed by atoms with Gasteiger partial charge in [0, 0.05) is 38.3 Å². The average Bonchev–Trinajstić information content (AvgIpc) is 2.39. The fraction of sp³-hybridized carbons (Fsp3) is 0.923. The number of rotatable bonds is 2. The highest BCUT2D eigenvalue weighted by Crippen LogP contribution is 2.24. The van der Waals surface area contributed by atoms with Crippen molar-refractivity contribution >= 4 is 5.91 Å². The lowest BCUT2D eigenvalue weighted by molar-refractivity contribution is -0.140. The molecule has 1 saturated heterocycles. The van der Waals surface area contributed by atoms with Gasteiger partial charge in [-0.15, -0.1) is 0 Å². The van der Waals surface area contributed by atoms with Gasteiger partial charge >= 0.3 is 0 Å². The Kier molecular flexibility index (Phi) is 4.40. The third-order valence-electron chi connectivity index (χ3n) is 4.20. The zero-order valence-corrected chi connectivity index (χ0v) is 10.7. The molecular weight excluding hydrogens is 216 g/mol. The molecule has 1 aliphatic carbocycles. The van der Waals surface area contributed by atoms with Crippen LogP contribution >= 0.6 is 0 Å². The SMILES string of the molecule is CN(C(=O)C1CCOCC1)C1CCCCC1N. The van der Waals surface area contributed by atoms with Crippen molar-refractivity contribution in [2.75, 3.05) is 20.3 Å². The number of hydrogen-bond acceptors (Lipinski definition) is 3. The molecule has 17 heavy (non-hydrogen) atoms. The van der Waals surface area contributed by atoms with Crippen molar-refractivity contribution in [3.05, 3.63) is 0 Å². The molecule has 0 aromatic heterocycles. The van der Waals surface area contributed by atoms with Crippen LogP contribution in [0.3, 0.4) is 0 Å². The minimum absolute atomic E-state index is 0.155. The van der Waals surface area contributed by atoms with E-state index in [0.717, 1.165) is 38.9 Å². The summed E-state index contributed by atoms with van der Waals surface area (Å²) in [6, 6.07) is 0.414. The highest BCUT2D eigenvalue weighted by atomic mass is 16.5. The zero-order valence-electron chi connectivity index (χ0n) is 10.7. The van der Waals surface area contributed by atoms with Crippen LogP contribution in [0, 0.1) is 5.92 Å². The van der Waals surface area contributed by atoms with Gasteiger partial charge in [0.05, 0.1) is 0 Å². The maximum atomic E-state index is 12.4. The number of ether oxygens (including phenoxy) is 1. The van der Waals surface area contributed by atoms with E-state index in [0.29, 0.717) is 0 Å². The molecule has 1 saturated carbocycles. The van der Waals surface area contributed by atoms with Crippen molar-refractivity contribution in [1.82, 2.24) is 4.90 Å². The maximum absolute atomic E-state index is 12.4. The predicted octanol–water partition coefficient (Wildman–Crippen LogP) is 1.14. The Morgan fingerprint density at radius 1 is 1.18 bits per heavy atom. The zero-order chi connectivity index (χ0) is 12.3.